The number of carbonyl (C=O) groups is 3. The van der Waals surface area contributed by atoms with Gasteiger partial charge in [-0.15, -0.1) is 0 Å². The zero-order chi connectivity index (χ0) is 31.3. The van der Waals surface area contributed by atoms with E-state index >= 15 is 0 Å². The lowest BCUT2D eigenvalue weighted by Crippen LogP contribution is -2.64. The average molecular weight is 585 g/mol. The molecule has 0 aromatic rings. The van der Waals surface area contributed by atoms with Gasteiger partial charge in [-0.25, -0.2) is 0 Å². The smallest absolute Gasteiger partial charge is 0.312 e. The second-order valence-electron chi connectivity index (χ2n) is 17.9. The molecule has 5 aliphatic carbocycles. The average Bonchev–Trinajstić information content (AvgIpc) is 2.84. The quantitative estimate of drug-likeness (QED) is 0.249. The van der Waals surface area contributed by atoms with Gasteiger partial charge in [0.05, 0.1) is 17.3 Å². The van der Waals surface area contributed by atoms with Crippen molar-refractivity contribution in [3.8, 4) is 0 Å². The van der Waals surface area contributed by atoms with Crippen LogP contribution in [0.1, 0.15) is 133 Å². The van der Waals surface area contributed by atoms with Crippen LogP contribution in [0.25, 0.3) is 0 Å². The van der Waals surface area contributed by atoms with Gasteiger partial charge in [-0.1, -0.05) is 60.1 Å². The molecule has 42 heavy (non-hydrogen) atoms. The lowest BCUT2D eigenvalue weighted by Gasteiger charge is -2.70. The number of carbonyl (C=O) groups excluding carboxylic acids is 1. The van der Waals surface area contributed by atoms with Crippen molar-refractivity contribution >= 4 is 17.9 Å². The van der Waals surface area contributed by atoms with Gasteiger partial charge in [-0.2, -0.15) is 0 Å². The van der Waals surface area contributed by atoms with Crippen molar-refractivity contribution in [2.75, 3.05) is 0 Å². The fourth-order valence-corrected chi connectivity index (χ4v) is 11.8. The predicted octanol–water partition coefficient (Wildman–Crippen LogP) is 8.29. The standard InChI is InChI=1S/C36H56O6/c1-30(2)18-19-36(28(39)40)17-12-24-34(8)14-10-22-32(5,6)26(42-29(41)31(3,4)21-27(37)38)13-16-33(22,7)23(34)11-15-35(24,9)25(36)20-30/h12,22-23,25-26H,10-11,13-21H2,1-9H3,(H,37,38)(H,39,40)/t22-,23+,25-,26+,33-,34+,35+,36+/m0/s1. The Morgan fingerprint density at radius 3 is 2.02 bits per heavy atom. The Kier molecular flexibility index (Phi) is 7.20. The number of carboxylic acids is 2. The molecule has 0 radical (unpaired) electrons. The van der Waals surface area contributed by atoms with Crippen molar-refractivity contribution in [1.29, 1.82) is 0 Å². The first kappa shape index (κ1) is 31.6. The summed E-state index contributed by atoms with van der Waals surface area (Å²) in [6.45, 7) is 19.9. The molecular weight excluding hydrogens is 528 g/mol. The van der Waals surface area contributed by atoms with Gasteiger partial charge in [0.1, 0.15) is 6.10 Å². The van der Waals surface area contributed by atoms with Gasteiger partial charge in [-0.3, -0.25) is 14.4 Å². The maximum Gasteiger partial charge on any atom is 0.312 e. The van der Waals surface area contributed by atoms with Gasteiger partial charge in [0, 0.05) is 5.41 Å². The molecule has 236 valence electrons. The molecule has 0 aromatic carbocycles. The number of esters is 1. The van der Waals surface area contributed by atoms with Crippen LogP contribution in [-0.4, -0.2) is 34.2 Å². The largest absolute Gasteiger partial charge is 0.481 e. The molecule has 2 N–H and O–H groups in total. The van der Waals surface area contributed by atoms with E-state index < -0.39 is 28.7 Å². The molecule has 0 heterocycles. The molecule has 5 rings (SSSR count). The summed E-state index contributed by atoms with van der Waals surface area (Å²) in [6.07, 6.45) is 11.4. The number of aliphatic carboxylic acids is 2. The third-order valence-corrected chi connectivity index (χ3v) is 14.1. The minimum absolute atomic E-state index is 0.0353. The number of hydrogen-bond acceptors (Lipinski definition) is 4. The molecule has 4 saturated carbocycles. The van der Waals surface area contributed by atoms with E-state index in [9.17, 15) is 24.6 Å². The van der Waals surface area contributed by atoms with Crippen LogP contribution in [0, 0.1) is 55.7 Å². The van der Waals surface area contributed by atoms with Crippen molar-refractivity contribution in [2.24, 2.45) is 55.7 Å². The van der Waals surface area contributed by atoms with E-state index in [0.29, 0.717) is 18.3 Å². The molecule has 0 aromatic heterocycles. The van der Waals surface area contributed by atoms with Crippen molar-refractivity contribution in [3.05, 3.63) is 11.6 Å². The number of hydrogen-bond donors (Lipinski definition) is 2. The monoisotopic (exact) mass is 584 g/mol. The Morgan fingerprint density at radius 1 is 0.833 bits per heavy atom. The summed E-state index contributed by atoms with van der Waals surface area (Å²) in [4.78, 5) is 37.5. The fraction of sp³-hybridized carbons (Fsp3) is 0.861. The van der Waals surface area contributed by atoms with Crippen LogP contribution in [0.5, 0.6) is 0 Å². The second kappa shape index (κ2) is 9.57. The highest BCUT2D eigenvalue weighted by Crippen LogP contribution is 2.75. The molecule has 8 atom stereocenters. The predicted molar refractivity (Wildman–Crippen MR) is 163 cm³/mol. The molecule has 0 spiro atoms. The number of carboxylic acid groups (broad SMARTS) is 2. The first-order chi connectivity index (χ1) is 19.2. The van der Waals surface area contributed by atoms with E-state index in [1.165, 1.54) is 0 Å². The molecule has 0 aliphatic heterocycles. The molecule has 0 unspecified atom stereocenters. The van der Waals surface area contributed by atoms with Gasteiger partial charge in [0.15, 0.2) is 0 Å². The van der Waals surface area contributed by atoms with Gasteiger partial charge < -0.3 is 14.9 Å². The Labute approximate surface area is 253 Å². The zero-order valence-corrected chi connectivity index (χ0v) is 27.7. The number of rotatable bonds is 5. The summed E-state index contributed by atoms with van der Waals surface area (Å²) in [5.74, 6) is -0.948. The third kappa shape index (κ3) is 4.42. The summed E-state index contributed by atoms with van der Waals surface area (Å²) < 4.78 is 6.17. The number of ether oxygens (including phenoxy) is 1. The Balaban J connectivity index is 1.45. The van der Waals surface area contributed by atoms with Crippen LogP contribution in [0.3, 0.4) is 0 Å². The van der Waals surface area contributed by atoms with Crippen molar-refractivity contribution < 1.29 is 29.3 Å². The highest BCUT2D eigenvalue weighted by atomic mass is 16.5. The molecule has 0 saturated heterocycles. The maximum absolute atomic E-state index is 13.2. The molecule has 0 amide bonds. The first-order valence-corrected chi connectivity index (χ1v) is 16.5. The molecule has 6 heteroatoms. The normalized spacial score (nSPS) is 43.9. The van der Waals surface area contributed by atoms with Crippen LogP contribution < -0.4 is 0 Å². The van der Waals surface area contributed by atoms with E-state index in [4.69, 9.17) is 4.74 Å². The Bertz CT molecular complexity index is 1200. The van der Waals surface area contributed by atoms with E-state index in [2.05, 4.69) is 54.5 Å². The lowest BCUT2D eigenvalue weighted by atomic mass is 9.34. The van der Waals surface area contributed by atoms with Crippen LogP contribution >= 0.6 is 0 Å². The number of fused-ring (bicyclic) bond motifs is 7. The minimum Gasteiger partial charge on any atom is -0.481 e. The van der Waals surface area contributed by atoms with Crippen molar-refractivity contribution in [1.82, 2.24) is 0 Å². The Hall–Kier alpha value is -1.85. The highest BCUT2D eigenvalue weighted by molar-refractivity contribution is 5.82. The lowest BCUT2D eigenvalue weighted by molar-refractivity contribution is -0.206. The molecule has 5 aliphatic rings. The van der Waals surface area contributed by atoms with Crippen molar-refractivity contribution in [3.63, 3.8) is 0 Å². The van der Waals surface area contributed by atoms with Crippen molar-refractivity contribution in [2.45, 2.75) is 139 Å². The van der Waals surface area contributed by atoms with Gasteiger partial charge in [0.25, 0.3) is 0 Å². The van der Waals surface area contributed by atoms with E-state index in [0.717, 1.165) is 57.8 Å². The molecular formula is C36H56O6. The van der Waals surface area contributed by atoms with Gasteiger partial charge in [-0.05, 0) is 117 Å². The number of allylic oxidation sites excluding steroid dienone is 2. The molecule has 6 nitrogen and oxygen atoms in total. The fourth-order valence-electron chi connectivity index (χ4n) is 11.8. The van der Waals surface area contributed by atoms with Gasteiger partial charge in [0.2, 0.25) is 0 Å². The van der Waals surface area contributed by atoms with Crippen LogP contribution in [-0.2, 0) is 19.1 Å². The summed E-state index contributed by atoms with van der Waals surface area (Å²) in [6, 6.07) is 0. The highest BCUT2D eigenvalue weighted by Gasteiger charge is 2.68. The van der Waals surface area contributed by atoms with Crippen LogP contribution in [0.15, 0.2) is 11.6 Å². The van der Waals surface area contributed by atoms with E-state index in [1.54, 1.807) is 19.4 Å². The summed E-state index contributed by atoms with van der Waals surface area (Å²) in [5.41, 5.74) is -0.191. The second-order valence-corrected chi connectivity index (χ2v) is 17.9. The first-order valence-electron chi connectivity index (χ1n) is 16.5. The Morgan fingerprint density at radius 2 is 1.43 bits per heavy atom. The zero-order valence-electron chi connectivity index (χ0n) is 27.7. The SMILES string of the molecule is CC1(C)CC[C@]2(C(=O)O)CC=C3[C@]4(C)CC[C@H]5C(C)(C)[C@H](OC(=O)C(C)(C)CC(=O)O)CC[C@]5(C)[C@H]4CC[C@@]3(C)[C@@H]2C1. The maximum atomic E-state index is 13.2. The summed E-state index contributed by atoms with van der Waals surface area (Å²) >= 11 is 0. The van der Waals surface area contributed by atoms with Crippen LogP contribution in [0.2, 0.25) is 0 Å². The van der Waals surface area contributed by atoms with E-state index in [1.807, 2.05) is 0 Å². The third-order valence-electron chi connectivity index (χ3n) is 14.1. The summed E-state index contributed by atoms with van der Waals surface area (Å²) in [7, 11) is 0. The minimum atomic E-state index is -1.06. The van der Waals surface area contributed by atoms with E-state index in [-0.39, 0.29) is 45.5 Å². The topological polar surface area (TPSA) is 101 Å². The van der Waals surface area contributed by atoms with Crippen LogP contribution in [0.4, 0.5) is 0 Å². The van der Waals surface area contributed by atoms with Gasteiger partial charge >= 0.3 is 17.9 Å². The molecule has 4 fully saturated rings. The molecule has 0 bridgehead atoms. The summed E-state index contributed by atoms with van der Waals surface area (Å²) in [5, 5.41) is 20.0.